The molecule has 0 fully saturated rings. The Bertz CT molecular complexity index is 1100. The van der Waals surface area contributed by atoms with E-state index in [-0.39, 0.29) is 23.4 Å². The molecule has 0 atom stereocenters. The summed E-state index contributed by atoms with van der Waals surface area (Å²) in [5.41, 5.74) is 7.77. The van der Waals surface area contributed by atoms with Crippen molar-refractivity contribution in [1.29, 1.82) is 0 Å². The lowest BCUT2D eigenvalue weighted by Gasteiger charge is -2.10. The molecular weight excluding hydrogens is 480 g/mol. The molecule has 0 aromatic heterocycles. The van der Waals surface area contributed by atoms with E-state index in [0.29, 0.717) is 29.7 Å². The molecule has 2 aromatic rings. The summed E-state index contributed by atoms with van der Waals surface area (Å²) in [7, 11) is 1.00. The number of anilines is 1. The van der Waals surface area contributed by atoms with Crippen LogP contribution in [0, 0.1) is 11.6 Å². The Hall–Kier alpha value is -3.56. The minimum Gasteiger partial charge on any atom is -0.438 e. The number of hydrogen-bond donors (Lipinski definition) is 4. The van der Waals surface area contributed by atoms with E-state index in [9.17, 15) is 18.4 Å². The molecule has 5 N–H and O–H groups in total. The molecule has 10 heteroatoms. The lowest BCUT2D eigenvalue weighted by molar-refractivity contribution is -0.397. The normalized spacial score (nSPS) is 12.0. The molecule has 0 bridgehead atoms. The Morgan fingerprint density at radius 1 is 1.20 bits per heavy atom. The van der Waals surface area contributed by atoms with Crippen molar-refractivity contribution in [1.82, 2.24) is 0 Å². The minimum absolute atomic E-state index is 0.0582. The fraction of sp³-hybridized carbons (Fsp3) is 0.240. The average Bonchev–Trinajstić information content (AvgIpc) is 3.33. The van der Waals surface area contributed by atoms with Gasteiger partial charge < -0.3 is 20.9 Å². The first-order chi connectivity index (χ1) is 16.8. The van der Waals surface area contributed by atoms with Crippen molar-refractivity contribution in [2.75, 3.05) is 19.0 Å². The Labute approximate surface area is 208 Å². The second kappa shape index (κ2) is 15.4. The van der Waals surface area contributed by atoms with Gasteiger partial charge in [-0.3, -0.25) is 4.79 Å². The number of amides is 2. The Morgan fingerprint density at radius 2 is 1.86 bits per heavy atom. The van der Waals surface area contributed by atoms with Gasteiger partial charge in [0.1, 0.15) is 17.8 Å². The van der Waals surface area contributed by atoms with Crippen LogP contribution in [0.4, 0.5) is 19.3 Å². The highest BCUT2D eigenvalue weighted by Crippen LogP contribution is 2.28. The highest BCUT2D eigenvalue weighted by atomic mass is 35.5. The first kappa shape index (κ1) is 29.5. The van der Waals surface area contributed by atoms with Gasteiger partial charge in [0.25, 0.3) is 5.91 Å². The fourth-order valence-electron chi connectivity index (χ4n) is 3.26. The number of carbonyl (C=O) groups excluding carboxylic acids is 2. The lowest BCUT2D eigenvalue weighted by Crippen LogP contribution is -2.67. The quantitative estimate of drug-likeness (QED) is 0.354. The van der Waals surface area contributed by atoms with Crippen LogP contribution in [0.3, 0.4) is 0 Å². The van der Waals surface area contributed by atoms with E-state index in [4.69, 9.17) is 22.4 Å². The van der Waals surface area contributed by atoms with Gasteiger partial charge in [0, 0.05) is 31.4 Å². The molecule has 0 spiro atoms. The van der Waals surface area contributed by atoms with Gasteiger partial charge >= 0.3 is 6.09 Å². The van der Waals surface area contributed by atoms with Crippen LogP contribution in [0.25, 0.3) is 0 Å². The number of allylic oxidation sites excluding steroid dienone is 2. The number of nitrogens with one attached hydrogen (secondary N) is 2. The smallest absolute Gasteiger partial charge is 0.405 e. The van der Waals surface area contributed by atoms with Crippen molar-refractivity contribution in [3.63, 3.8) is 0 Å². The van der Waals surface area contributed by atoms with Gasteiger partial charge in [-0.05, 0) is 60.7 Å². The predicted molar refractivity (Wildman–Crippen MR) is 132 cm³/mol. The molecule has 2 aromatic carbocycles. The molecule has 0 saturated carbocycles. The summed E-state index contributed by atoms with van der Waals surface area (Å²) in [5.74, 6) is -1.14. The van der Waals surface area contributed by atoms with Crippen molar-refractivity contribution >= 4 is 35.5 Å². The van der Waals surface area contributed by atoms with Crippen molar-refractivity contribution in [2.45, 2.75) is 26.2 Å². The van der Waals surface area contributed by atoms with Crippen LogP contribution < -0.4 is 16.0 Å². The summed E-state index contributed by atoms with van der Waals surface area (Å²) in [6, 6.07) is 6.77. The number of aliphatic hydroxyl groups is 1. The third-order valence-electron chi connectivity index (χ3n) is 4.67. The van der Waals surface area contributed by atoms with Gasteiger partial charge in [-0.2, -0.15) is 0 Å². The Balaban J connectivity index is 0.000000376. The van der Waals surface area contributed by atoms with E-state index in [1.165, 1.54) is 30.3 Å². The molecule has 35 heavy (non-hydrogen) atoms. The first-order valence-electron chi connectivity index (χ1n) is 10.6. The van der Waals surface area contributed by atoms with Gasteiger partial charge in [-0.1, -0.05) is 24.3 Å². The van der Waals surface area contributed by atoms with Crippen LogP contribution in [-0.4, -0.2) is 37.0 Å². The summed E-state index contributed by atoms with van der Waals surface area (Å²) >= 11 is 5.68. The van der Waals surface area contributed by atoms with E-state index >= 15 is 0 Å². The van der Waals surface area contributed by atoms with E-state index in [1.807, 2.05) is 6.92 Å². The van der Waals surface area contributed by atoms with Crippen LogP contribution in [0.2, 0.25) is 5.02 Å². The molecule has 2 amide bonds. The van der Waals surface area contributed by atoms with Crippen LogP contribution in [0.1, 0.15) is 34.8 Å². The molecule has 7 nitrogen and oxygen atoms in total. The number of benzene rings is 2. The number of halogens is 3. The molecule has 188 valence electrons. The third-order valence-corrected chi connectivity index (χ3v) is 4.96. The molecule has 0 saturated heterocycles. The molecule has 0 aliphatic heterocycles. The van der Waals surface area contributed by atoms with Gasteiger partial charge in [0.05, 0.1) is 5.02 Å². The van der Waals surface area contributed by atoms with Crippen LogP contribution in [-0.2, 0) is 17.6 Å². The molecule has 1 aliphatic carbocycles. The summed E-state index contributed by atoms with van der Waals surface area (Å²) in [6.45, 7) is 5.46. The number of aliphatic hydroxyl groups excluding tert-OH is 1. The summed E-state index contributed by atoms with van der Waals surface area (Å²) < 4.78 is 31.3. The molecular formula is C25H29ClF2N3O4+. The maximum absolute atomic E-state index is 13.7. The number of rotatable bonds is 6. The number of carbonyl (C=O) groups is 2. The Morgan fingerprint density at radius 3 is 2.46 bits per heavy atom. The zero-order chi connectivity index (χ0) is 26.4. The van der Waals surface area contributed by atoms with Crippen molar-refractivity contribution in [3.05, 3.63) is 88.1 Å². The van der Waals surface area contributed by atoms with Crippen molar-refractivity contribution in [3.8, 4) is 0 Å². The lowest BCUT2D eigenvalue weighted by atomic mass is 10.0. The first-order valence-corrected chi connectivity index (χ1v) is 10.9. The van der Waals surface area contributed by atoms with E-state index in [0.717, 1.165) is 24.8 Å². The Kier molecular flexibility index (Phi) is 12.9. The van der Waals surface area contributed by atoms with Gasteiger partial charge in [0.2, 0.25) is 5.70 Å². The van der Waals surface area contributed by atoms with E-state index in [2.05, 4.69) is 21.6 Å². The average molecular weight is 509 g/mol. The highest BCUT2D eigenvalue weighted by molar-refractivity contribution is 6.31. The maximum Gasteiger partial charge on any atom is 0.405 e. The summed E-state index contributed by atoms with van der Waals surface area (Å²) in [4.78, 5) is 25.4. The van der Waals surface area contributed by atoms with Crippen molar-refractivity contribution < 1.29 is 33.2 Å². The number of hydrogen-bond acceptors (Lipinski definition) is 4. The zero-order valence-corrected chi connectivity index (χ0v) is 20.3. The predicted octanol–water partition coefficient (Wildman–Crippen LogP) is 3.29. The van der Waals surface area contributed by atoms with E-state index < -0.39 is 11.9 Å². The molecule has 1 aliphatic rings. The van der Waals surface area contributed by atoms with Gasteiger partial charge in [0.15, 0.2) is 6.61 Å². The molecule has 0 unspecified atom stereocenters. The largest absolute Gasteiger partial charge is 0.438 e. The van der Waals surface area contributed by atoms with Crippen LogP contribution in [0.15, 0.2) is 54.8 Å². The molecule has 0 radical (unpaired) electrons. The van der Waals surface area contributed by atoms with Gasteiger partial charge in [-0.25, -0.2) is 18.6 Å². The van der Waals surface area contributed by atoms with Gasteiger partial charge in [-0.15, -0.1) is 0 Å². The van der Waals surface area contributed by atoms with Crippen LogP contribution in [0.5, 0.6) is 0 Å². The number of primary amides is 1. The highest BCUT2D eigenvalue weighted by Gasteiger charge is 2.22. The van der Waals surface area contributed by atoms with E-state index in [1.54, 1.807) is 18.4 Å². The third kappa shape index (κ3) is 9.30. The SMILES string of the molecule is C=C/C=C(/COC(N)=O)[NH+]=CC.CO.O=C(Nc1ccc(F)c(Cl)c1)c1ccc(F)c2c1CCC2. The fourth-order valence-corrected chi connectivity index (χ4v) is 3.44. The standard InChI is InChI=1S/C16H12ClF2NO.C8H12N2O2.CH4O/c17-13-8-9(4-6-15(13)19)20-16(21)12-5-7-14(18)11-3-1-2-10(11)12;1-3-5-7(10-4-2)6-12-8(9)11;1-2/h4-8H,1-3H2,(H,20,21);3-5H,1,6H2,2H3,(H2,9,11);2H,1H3/p+1/b;7-5-,10-4?;. The zero-order valence-electron chi connectivity index (χ0n) is 19.5. The van der Waals surface area contributed by atoms with Crippen molar-refractivity contribution in [2.24, 2.45) is 5.73 Å². The second-order valence-corrected chi connectivity index (χ2v) is 7.36. The summed E-state index contributed by atoms with van der Waals surface area (Å²) in [5, 5.41) is 9.60. The topological polar surface area (TPSA) is 116 Å². The second-order valence-electron chi connectivity index (χ2n) is 6.96. The number of nitrogens with two attached hydrogens (primary N) is 1. The maximum atomic E-state index is 13.7. The van der Waals surface area contributed by atoms with Crippen LogP contribution >= 0.6 is 11.6 Å². The number of fused-ring (bicyclic) bond motifs is 1. The molecule has 0 heterocycles. The minimum atomic E-state index is -0.789. The molecule has 3 rings (SSSR count). The monoisotopic (exact) mass is 508 g/mol. The summed E-state index contributed by atoms with van der Waals surface area (Å²) in [6.07, 6.45) is 6.42. The number of ether oxygens (including phenoxy) is 1.